The van der Waals surface area contributed by atoms with Gasteiger partial charge in [-0.05, 0) is 31.0 Å². The predicted octanol–water partition coefficient (Wildman–Crippen LogP) is 3.20. The minimum absolute atomic E-state index is 1.09. The highest BCUT2D eigenvalue weighted by Gasteiger charge is 2.19. The second-order valence-corrected chi connectivity index (χ2v) is 4.19. The van der Waals surface area contributed by atoms with Gasteiger partial charge in [0.15, 0.2) is 0 Å². The first kappa shape index (κ1) is 7.86. The van der Waals surface area contributed by atoms with Crippen molar-refractivity contribution in [2.45, 2.75) is 20.3 Å². The number of fused-ring (bicyclic) bond motifs is 3. The summed E-state index contributed by atoms with van der Waals surface area (Å²) in [6.07, 6.45) is 1.09. The summed E-state index contributed by atoms with van der Waals surface area (Å²) in [6, 6.07) is 8.96. The van der Waals surface area contributed by atoms with Crippen LogP contribution in [-0.4, -0.2) is 4.98 Å². The Hall–Kier alpha value is -1.50. The standard InChI is InChI=1S/C13H13N/c1-8-3-4-12-10(5-8)7-11-6-9(2)14-13(11)12/h3-6,14H,7H2,1-2H3. The monoisotopic (exact) mass is 183 g/mol. The highest BCUT2D eigenvalue weighted by molar-refractivity contribution is 5.74. The molecule has 1 N–H and O–H groups in total. The van der Waals surface area contributed by atoms with Crippen molar-refractivity contribution in [1.29, 1.82) is 0 Å². The van der Waals surface area contributed by atoms with Gasteiger partial charge >= 0.3 is 0 Å². The third-order valence-corrected chi connectivity index (χ3v) is 2.95. The molecule has 3 rings (SSSR count). The molecule has 0 unspecified atom stereocenters. The van der Waals surface area contributed by atoms with Gasteiger partial charge in [0.2, 0.25) is 0 Å². The van der Waals surface area contributed by atoms with E-state index in [1.165, 1.54) is 33.6 Å². The van der Waals surface area contributed by atoms with Crippen LogP contribution < -0.4 is 0 Å². The molecule has 2 aromatic rings. The quantitative estimate of drug-likeness (QED) is 0.551. The largest absolute Gasteiger partial charge is 0.358 e. The van der Waals surface area contributed by atoms with Crippen LogP contribution in [0.2, 0.25) is 0 Å². The van der Waals surface area contributed by atoms with Crippen LogP contribution in [0.5, 0.6) is 0 Å². The van der Waals surface area contributed by atoms with Crippen molar-refractivity contribution in [3.05, 3.63) is 46.6 Å². The molecule has 1 heteroatoms. The number of hydrogen-bond donors (Lipinski definition) is 1. The maximum absolute atomic E-state index is 3.43. The topological polar surface area (TPSA) is 15.8 Å². The fourth-order valence-electron chi connectivity index (χ4n) is 2.34. The van der Waals surface area contributed by atoms with E-state index in [1.807, 2.05) is 0 Å². The summed E-state index contributed by atoms with van der Waals surface area (Å²) in [4.78, 5) is 3.43. The smallest absolute Gasteiger partial charge is 0.0494 e. The third kappa shape index (κ3) is 0.955. The van der Waals surface area contributed by atoms with Gasteiger partial charge in [-0.1, -0.05) is 23.8 Å². The van der Waals surface area contributed by atoms with Gasteiger partial charge in [-0.3, -0.25) is 0 Å². The molecule has 0 saturated heterocycles. The van der Waals surface area contributed by atoms with Gasteiger partial charge < -0.3 is 4.98 Å². The Morgan fingerprint density at radius 1 is 1.07 bits per heavy atom. The molecule has 1 heterocycles. The molecule has 0 aliphatic heterocycles. The Balaban J connectivity index is 2.25. The van der Waals surface area contributed by atoms with Crippen molar-refractivity contribution in [2.24, 2.45) is 0 Å². The van der Waals surface area contributed by atoms with E-state index in [2.05, 4.69) is 43.1 Å². The van der Waals surface area contributed by atoms with Gasteiger partial charge in [-0.15, -0.1) is 0 Å². The van der Waals surface area contributed by atoms with Crippen molar-refractivity contribution in [3.8, 4) is 11.3 Å². The van der Waals surface area contributed by atoms with E-state index in [1.54, 1.807) is 0 Å². The first-order valence-electron chi connectivity index (χ1n) is 5.02. The molecule has 1 aliphatic rings. The molecule has 0 spiro atoms. The number of benzene rings is 1. The minimum Gasteiger partial charge on any atom is -0.358 e. The molecule has 1 nitrogen and oxygen atoms in total. The van der Waals surface area contributed by atoms with E-state index in [0.29, 0.717) is 0 Å². The van der Waals surface area contributed by atoms with E-state index in [4.69, 9.17) is 0 Å². The number of aromatic nitrogens is 1. The fraction of sp³-hybridized carbons (Fsp3) is 0.231. The summed E-state index contributed by atoms with van der Waals surface area (Å²) in [5, 5.41) is 0. The first-order valence-corrected chi connectivity index (χ1v) is 5.02. The maximum Gasteiger partial charge on any atom is 0.0494 e. The molecule has 70 valence electrons. The zero-order valence-corrected chi connectivity index (χ0v) is 8.52. The summed E-state index contributed by atoms with van der Waals surface area (Å²) in [5.41, 5.74) is 8.25. The van der Waals surface area contributed by atoms with Gasteiger partial charge in [-0.25, -0.2) is 0 Å². The van der Waals surface area contributed by atoms with Gasteiger partial charge in [-0.2, -0.15) is 0 Å². The SMILES string of the molecule is Cc1ccc2c(c1)Cc1cc(C)[nH]c1-2. The highest BCUT2D eigenvalue weighted by Crippen LogP contribution is 2.36. The van der Waals surface area contributed by atoms with Gasteiger partial charge in [0.25, 0.3) is 0 Å². The predicted molar refractivity (Wildman–Crippen MR) is 58.5 cm³/mol. The van der Waals surface area contributed by atoms with Crippen molar-refractivity contribution in [1.82, 2.24) is 4.98 Å². The van der Waals surface area contributed by atoms with Crippen LogP contribution in [0.25, 0.3) is 11.3 Å². The Morgan fingerprint density at radius 3 is 2.79 bits per heavy atom. The fourth-order valence-corrected chi connectivity index (χ4v) is 2.34. The average Bonchev–Trinajstić information content (AvgIpc) is 2.59. The number of aryl methyl sites for hydroxylation is 2. The van der Waals surface area contributed by atoms with E-state index in [0.717, 1.165) is 6.42 Å². The molecule has 0 radical (unpaired) electrons. The third-order valence-electron chi connectivity index (χ3n) is 2.95. The Labute approximate surface area is 83.8 Å². The highest BCUT2D eigenvalue weighted by atomic mass is 14.7. The normalized spacial score (nSPS) is 12.7. The van der Waals surface area contributed by atoms with Gasteiger partial charge in [0.1, 0.15) is 0 Å². The summed E-state index contributed by atoms with van der Waals surface area (Å²) < 4.78 is 0. The van der Waals surface area contributed by atoms with Crippen LogP contribution in [0.3, 0.4) is 0 Å². The van der Waals surface area contributed by atoms with Crippen molar-refractivity contribution < 1.29 is 0 Å². The van der Waals surface area contributed by atoms with E-state index in [-0.39, 0.29) is 0 Å². The van der Waals surface area contributed by atoms with Crippen LogP contribution in [0.1, 0.15) is 22.4 Å². The zero-order chi connectivity index (χ0) is 9.71. The lowest BCUT2D eigenvalue weighted by Gasteiger charge is -2.00. The molecular formula is C13H13N. The summed E-state index contributed by atoms with van der Waals surface area (Å²) in [7, 11) is 0. The lowest BCUT2D eigenvalue weighted by molar-refractivity contribution is 1.24. The summed E-state index contributed by atoms with van der Waals surface area (Å²) in [5.74, 6) is 0. The van der Waals surface area contributed by atoms with Crippen LogP contribution in [0.15, 0.2) is 24.3 Å². The Bertz CT molecular complexity index is 506. The molecule has 1 aromatic carbocycles. The van der Waals surface area contributed by atoms with Gasteiger partial charge in [0, 0.05) is 23.4 Å². The lowest BCUT2D eigenvalue weighted by atomic mass is 10.1. The number of hydrogen-bond acceptors (Lipinski definition) is 0. The number of H-pyrrole nitrogens is 1. The van der Waals surface area contributed by atoms with E-state index in [9.17, 15) is 0 Å². The lowest BCUT2D eigenvalue weighted by Crippen LogP contribution is -1.83. The summed E-state index contributed by atoms with van der Waals surface area (Å²) >= 11 is 0. The second-order valence-electron chi connectivity index (χ2n) is 4.19. The van der Waals surface area contributed by atoms with E-state index < -0.39 is 0 Å². The first-order chi connectivity index (χ1) is 6.74. The molecule has 0 fully saturated rings. The van der Waals surface area contributed by atoms with E-state index >= 15 is 0 Å². The molecule has 0 amide bonds. The number of rotatable bonds is 0. The van der Waals surface area contributed by atoms with Gasteiger partial charge in [0.05, 0.1) is 0 Å². The molecular weight excluding hydrogens is 170 g/mol. The van der Waals surface area contributed by atoms with Crippen LogP contribution in [0, 0.1) is 13.8 Å². The minimum atomic E-state index is 1.09. The van der Waals surface area contributed by atoms with Crippen LogP contribution in [-0.2, 0) is 6.42 Å². The second kappa shape index (κ2) is 2.50. The zero-order valence-electron chi connectivity index (χ0n) is 8.52. The average molecular weight is 183 g/mol. The number of nitrogens with one attached hydrogen (secondary N) is 1. The molecule has 0 atom stereocenters. The Kier molecular flexibility index (Phi) is 1.41. The van der Waals surface area contributed by atoms with Crippen LogP contribution >= 0.6 is 0 Å². The summed E-state index contributed by atoms with van der Waals surface area (Å²) in [6.45, 7) is 4.27. The van der Waals surface area contributed by atoms with Crippen molar-refractivity contribution in [3.63, 3.8) is 0 Å². The molecule has 14 heavy (non-hydrogen) atoms. The molecule has 1 aliphatic carbocycles. The number of aromatic amines is 1. The van der Waals surface area contributed by atoms with Crippen LogP contribution in [0.4, 0.5) is 0 Å². The molecule has 0 saturated carbocycles. The van der Waals surface area contributed by atoms with Crippen molar-refractivity contribution >= 4 is 0 Å². The molecule has 0 bridgehead atoms. The molecule has 1 aromatic heterocycles. The maximum atomic E-state index is 3.43. The van der Waals surface area contributed by atoms with Crippen molar-refractivity contribution in [2.75, 3.05) is 0 Å². The Morgan fingerprint density at radius 2 is 1.93 bits per heavy atom.